The van der Waals surface area contributed by atoms with Crippen LogP contribution >= 0.6 is 0 Å². The Balaban J connectivity index is 2.30. The summed E-state index contributed by atoms with van der Waals surface area (Å²) < 4.78 is 13.3. The van der Waals surface area contributed by atoms with Crippen LogP contribution in [0.4, 0.5) is 0 Å². The average molecular weight is 711 g/mol. The van der Waals surface area contributed by atoms with E-state index in [2.05, 4.69) is 84.4 Å². The van der Waals surface area contributed by atoms with E-state index in [1.165, 1.54) is 141 Å². The van der Waals surface area contributed by atoms with Crippen molar-refractivity contribution in [1.82, 2.24) is 4.90 Å². The standard InChI is InChI=1S/C45H82N4O2/c1-4-6-8-10-12-14-16-18-20-22-24-26-28-30-32-34-38-45(50-43-44(51-45)42-49(3)41-37-36-40-47-48-46)39-35-33-31-29-27-25-23-21-19-17-15-13-11-9-7-5-2/h12-15,18-21,44H,4-11,16-17,22-43H2,1-3H3/b14-12-,15-13-,20-18-,21-19-/t44-/m0/s1. The number of allylic oxidation sites excluding steroid dienone is 8. The number of unbranched alkanes of at least 4 members (excludes halogenated alkanes) is 19. The van der Waals surface area contributed by atoms with Gasteiger partial charge in [0, 0.05) is 30.8 Å². The molecule has 1 aliphatic rings. The van der Waals surface area contributed by atoms with Gasteiger partial charge in [0.2, 0.25) is 0 Å². The van der Waals surface area contributed by atoms with Gasteiger partial charge in [-0.15, -0.1) is 0 Å². The summed E-state index contributed by atoms with van der Waals surface area (Å²) in [6, 6.07) is 0. The highest BCUT2D eigenvalue weighted by atomic mass is 16.7. The molecule has 0 aromatic carbocycles. The van der Waals surface area contributed by atoms with Gasteiger partial charge in [0.1, 0.15) is 0 Å². The second kappa shape index (κ2) is 36.5. The molecule has 0 N–H and O–H groups in total. The molecular formula is C45H82N4O2. The first-order valence-electron chi connectivity index (χ1n) is 21.8. The molecule has 0 spiro atoms. The maximum absolute atomic E-state index is 8.50. The fraction of sp³-hybridized carbons (Fsp3) is 0.822. The van der Waals surface area contributed by atoms with Crippen LogP contribution in [0.3, 0.4) is 0 Å². The van der Waals surface area contributed by atoms with Crippen molar-refractivity contribution in [2.45, 2.75) is 206 Å². The van der Waals surface area contributed by atoms with Crippen LogP contribution in [0, 0.1) is 0 Å². The molecule has 1 fully saturated rings. The molecule has 1 heterocycles. The first-order valence-corrected chi connectivity index (χ1v) is 21.8. The van der Waals surface area contributed by atoms with Crippen molar-refractivity contribution < 1.29 is 9.47 Å². The molecule has 0 saturated carbocycles. The van der Waals surface area contributed by atoms with E-state index in [-0.39, 0.29) is 6.10 Å². The van der Waals surface area contributed by atoms with E-state index in [0.717, 1.165) is 51.6 Å². The predicted molar refractivity (Wildman–Crippen MR) is 222 cm³/mol. The number of ether oxygens (including phenoxy) is 2. The quantitative estimate of drug-likeness (QED) is 0.0212. The van der Waals surface area contributed by atoms with Gasteiger partial charge in [-0.3, -0.25) is 0 Å². The maximum atomic E-state index is 8.50. The second-order valence-corrected chi connectivity index (χ2v) is 15.1. The van der Waals surface area contributed by atoms with Gasteiger partial charge >= 0.3 is 0 Å². The number of hydrogen-bond donors (Lipinski definition) is 0. The molecule has 1 aliphatic heterocycles. The fourth-order valence-corrected chi connectivity index (χ4v) is 6.91. The van der Waals surface area contributed by atoms with Gasteiger partial charge in [0.15, 0.2) is 5.79 Å². The molecule has 0 amide bonds. The Bertz CT molecular complexity index is 875. The molecule has 0 aromatic heterocycles. The van der Waals surface area contributed by atoms with Crippen LogP contribution in [0.2, 0.25) is 0 Å². The van der Waals surface area contributed by atoms with Gasteiger partial charge in [-0.2, -0.15) is 0 Å². The highest BCUT2D eigenvalue weighted by Crippen LogP contribution is 2.35. The van der Waals surface area contributed by atoms with Crippen molar-refractivity contribution in [1.29, 1.82) is 0 Å². The van der Waals surface area contributed by atoms with Gasteiger partial charge in [-0.25, -0.2) is 0 Å². The Hall–Kier alpha value is -1.85. The van der Waals surface area contributed by atoms with Crippen LogP contribution in [0.15, 0.2) is 53.7 Å². The lowest BCUT2D eigenvalue weighted by Crippen LogP contribution is -2.35. The summed E-state index contributed by atoms with van der Waals surface area (Å²) in [4.78, 5) is 5.21. The van der Waals surface area contributed by atoms with E-state index in [9.17, 15) is 0 Å². The molecule has 6 heteroatoms. The monoisotopic (exact) mass is 711 g/mol. The molecule has 294 valence electrons. The van der Waals surface area contributed by atoms with E-state index in [1.54, 1.807) is 0 Å². The van der Waals surface area contributed by atoms with Gasteiger partial charge in [0.05, 0.1) is 12.7 Å². The minimum absolute atomic E-state index is 0.140. The summed E-state index contributed by atoms with van der Waals surface area (Å²) in [6.45, 7) is 7.70. The summed E-state index contributed by atoms with van der Waals surface area (Å²) in [5.41, 5.74) is 8.50. The molecule has 6 nitrogen and oxygen atoms in total. The molecule has 0 aliphatic carbocycles. The molecule has 0 aromatic rings. The fourth-order valence-electron chi connectivity index (χ4n) is 6.91. The SMILES string of the molecule is CCCCC/C=C\C/C=C\CCCCCCCCC1(CCCCCCCC/C=C\C/C=C\CCCCC)OC[C@H](CN(C)CCCCN=[N+]=[N-])O1. The average Bonchev–Trinajstić information content (AvgIpc) is 3.53. The Kier molecular flexibility index (Phi) is 33.8. The summed E-state index contributed by atoms with van der Waals surface area (Å²) in [5.74, 6) is -0.391. The van der Waals surface area contributed by atoms with Crippen molar-refractivity contribution >= 4 is 0 Å². The largest absolute Gasteiger partial charge is 0.347 e. The van der Waals surface area contributed by atoms with Crippen molar-refractivity contribution in [2.24, 2.45) is 5.11 Å². The van der Waals surface area contributed by atoms with Gasteiger partial charge < -0.3 is 14.4 Å². The van der Waals surface area contributed by atoms with Crippen LogP contribution in [0.5, 0.6) is 0 Å². The second-order valence-electron chi connectivity index (χ2n) is 15.1. The first kappa shape index (κ1) is 47.2. The van der Waals surface area contributed by atoms with Gasteiger partial charge in [-0.05, 0) is 109 Å². The number of hydrogen-bond acceptors (Lipinski definition) is 4. The molecule has 0 radical (unpaired) electrons. The summed E-state index contributed by atoms with van der Waals surface area (Å²) in [7, 11) is 2.17. The van der Waals surface area contributed by atoms with E-state index in [0.29, 0.717) is 13.2 Å². The first-order chi connectivity index (χ1) is 25.2. The molecule has 51 heavy (non-hydrogen) atoms. The third-order valence-corrected chi connectivity index (χ3v) is 10.1. The Labute approximate surface area is 316 Å². The van der Waals surface area contributed by atoms with Crippen LogP contribution in [-0.2, 0) is 9.47 Å². The normalized spacial score (nSPS) is 16.2. The van der Waals surface area contributed by atoms with Gasteiger partial charge in [0.25, 0.3) is 0 Å². The lowest BCUT2D eigenvalue weighted by atomic mass is 9.98. The van der Waals surface area contributed by atoms with E-state index >= 15 is 0 Å². The Morgan fingerprint density at radius 3 is 1.53 bits per heavy atom. The van der Waals surface area contributed by atoms with Crippen molar-refractivity contribution in [2.75, 3.05) is 33.3 Å². The van der Waals surface area contributed by atoms with E-state index in [1.807, 2.05) is 0 Å². The molecule has 1 atom stereocenters. The topological polar surface area (TPSA) is 70.5 Å². The van der Waals surface area contributed by atoms with Crippen molar-refractivity contribution in [3.63, 3.8) is 0 Å². The zero-order valence-corrected chi connectivity index (χ0v) is 33.9. The highest BCUT2D eigenvalue weighted by molar-refractivity contribution is 4.93. The number of nitrogens with zero attached hydrogens (tertiary/aromatic N) is 4. The van der Waals surface area contributed by atoms with Crippen molar-refractivity contribution in [3.8, 4) is 0 Å². The van der Waals surface area contributed by atoms with Crippen LogP contribution < -0.4 is 0 Å². The third-order valence-electron chi connectivity index (χ3n) is 10.1. The van der Waals surface area contributed by atoms with E-state index < -0.39 is 5.79 Å². The molecule has 1 saturated heterocycles. The lowest BCUT2D eigenvalue weighted by Gasteiger charge is -2.29. The molecule has 1 rings (SSSR count). The predicted octanol–water partition coefficient (Wildman–Crippen LogP) is 14.5. The number of likely N-dealkylation sites (N-methyl/N-ethyl adjacent to an activating group) is 1. The number of azide groups is 1. The molecule has 0 unspecified atom stereocenters. The lowest BCUT2D eigenvalue weighted by molar-refractivity contribution is -0.180. The zero-order valence-electron chi connectivity index (χ0n) is 33.9. The van der Waals surface area contributed by atoms with Crippen LogP contribution in [-0.4, -0.2) is 50.1 Å². The maximum Gasteiger partial charge on any atom is 0.168 e. The molecular weight excluding hydrogens is 629 g/mol. The summed E-state index contributed by atoms with van der Waals surface area (Å²) in [5, 5.41) is 3.66. The smallest absolute Gasteiger partial charge is 0.168 e. The minimum Gasteiger partial charge on any atom is -0.347 e. The van der Waals surface area contributed by atoms with Crippen LogP contribution in [0.1, 0.15) is 194 Å². The summed E-state index contributed by atoms with van der Waals surface area (Å²) in [6.07, 6.45) is 53.4. The Morgan fingerprint density at radius 1 is 0.608 bits per heavy atom. The number of rotatable bonds is 37. The zero-order chi connectivity index (χ0) is 36.8. The Morgan fingerprint density at radius 2 is 1.06 bits per heavy atom. The van der Waals surface area contributed by atoms with Gasteiger partial charge in [-0.1, -0.05) is 145 Å². The van der Waals surface area contributed by atoms with Crippen LogP contribution in [0.25, 0.3) is 10.4 Å². The van der Waals surface area contributed by atoms with E-state index in [4.69, 9.17) is 15.0 Å². The minimum atomic E-state index is -0.391. The highest BCUT2D eigenvalue weighted by Gasteiger charge is 2.40. The van der Waals surface area contributed by atoms with Crippen molar-refractivity contribution in [3.05, 3.63) is 59.1 Å². The molecule has 0 bridgehead atoms. The summed E-state index contributed by atoms with van der Waals surface area (Å²) >= 11 is 0. The third kappa shape index (κ3) is 30.3.